The number of rotatable bonds is 40. The molecule has 0 bridgehead atoms. The summed E-state index contributed by atoms with van der Waals surface area (Å²) < 4.78 is 66.5. The molecular formula is C48H104MoO12P4. The zero-order chi connectivity index (χ0) is 49.8. The predicted octanol–water partition coefficient (Wildman–Crippen LogP) is 14.3. The first kappa shape index (κ1) is 75.2. The Bertz CT molecular complexity index is 1010. The van der Waals surface area contributed by atoms with Crippen molar-refractivity contribution in [3.8, 4) is 0 Å². The summed E-state index contributed by atoms with van der Waals surface area (Å²) in [5, 5.41) is 0. The maximum Gasteiger partial charge on any atom is 4.00 e. The predicted molar refractivity (Wildman–Crippen MR) is 267 cm³/mol. The van der Waals surface area contributed by atoms with Gasteiger partial charge in [-0.2, -0.15) is 0 Å². The molecule has 0 fully saturated rings. The second-order valence-corrected chi connectivity index (χ2v) is 25.0. The molecule has 0 rings (SSSR count). The van der Waals surface area contributed by atoms with E-state index in [1.165, 1.54) is 0 Å². The fraction of sp³-hybridized carbons (Fsp3) is 1.00. The van der Waals surface area contributed by atoms with E-state index in [-0.39, 0.29) is 69.4 Å². The Balaban J connectivity index is -0.000000245. The topological polar surface area (TPSA) is 197 Å². The van der Waals surface area contributed by atoms with Crippen molar-refractivity contribution in [2.24, 2.45) is 23.7 Å². The molecular weight excluding hydrogens is 988 g/mol. The molecule has 0 spiro atoms. The van der Waals surface area contributed by atoms with Crippen LogP contribution >= 0.6 is 30.4 Å². The van der Waals surface area contributed by atoms with E-state index in [1.807, 2.05) is 55.4 Å². The maximum atomic E-state index is 11.6. The molecule has 8 unspecified atom stereocenters. The van der Waals surface area contributed by atoms with Crippen molar-refractivity contribution < 1.29 is 77.0 Å². The van der Waals surface area contributed by atoms with E-state index in [2.05, 4.69) is 27.7 Å². The van der Waals surface area contributed by atoms with Crippen molar-refractivity contribution in [1.29, 1.82) is 0 Å². The number of hydrogen-bond donors (Lipinski definition) is 0. The monoisotopic (exact) mass is 1090 g/mol. The third-order valence-electron chi connectivity index (χ3n) is 11.2. The van der Waals surface area contributed by atoms with Crippen LogP contribution in [-0.4, -0.2) is 51.1 Å². The van der Waals surface area contributed by atoms with Gasteiger partial charge in [0.05, 0.1) is 26.4 Å². The Kier molecular flexibility index (Phi) is 58.1. The molecule has 0 saturated carbocycles. The largest absolute Gasteiger partial charge is 4.00 e. The van der Waals surface area contributed by atoms with E-state index in [1.54, 1.807) is 0 Å². The molecule has 394 valence electrons. The SMILES string of the molecule is CCCCOP(=O)([O-])CC(CC)CCCC.CCCCOP(=O)([O-])CC(CC)CCCC.CCCCOP(=O)([O-])CC(CC)CCCC.CCCCOP(=O)([O-])CC(CC)CCCC.[Mo+4]. The van der Waals surface area contributed by atoms with E-state index in [4.69, 9.17) is 18.1 Å². The minimum atomic E-state index is -3.59. The zero-order valence-corrected chi connectivity index (χ0v) is 49.6. The summed E-state index contributed by atoms with van der Waals surface area (Å²) in [6, 6.07) is 0. The van der Waals surface area contributed by atoms with Crippen LogP contribution < -0.4 is 19.6 Å². The van der Waals surface area contributed by atoms with Crippen LogP contribution in [0, 0.1) is 23.7 Å². The van der Waals surface area contributed by atoms with Crippen molar-refractivity contribution in [3.63, 3.8) is 0 Å². The van der Waals surface area contributed by atoms with Gasteiger partial charge in [-0.25, -0.2) is 0 Å². The Morgan fingerprint density at radius 1 is 0.308 bits per heavy atom. The van der Waals surface area contributed by atoms with E-state index in [0.29, 0.717) is 26.4 Å². The summed E-state index contributed by atoms with van der Waals surface area (Å²) >= 11 is 0. The van der Waals surface area contributed by atoms with Gasteiger partial charge in [0.1, 0.15) is 30.4 Å². The maximum absolute atomic E-state index is 11.6. The molecule has 65 heavy (non-hydrogen) atoms. The molecule has 8 atom stereocenters. The first-order chi connectivity index (χ1) is 30.2. The molecule has 0 aromatic heterocycles. The molecule has 0 radical (unpaired) electrons. The third-order valence-corrected chi connectivity index (χ3v) is 17.4. The van der Waals surface area contributed by atoms with Crippen LogP contribution in [0.5, 0.6) is 0 Å². The van der Waals surface area contributed by atoms with Gasteiger partial charge in [-0.3, -0.25) is 0 Å². The molecule has 0 aliphatic carbocycles. The molecule has 17 heteroatoms. The van der Waals surface area contributed by atoms with Crippen LogP contribution in [-0.2, 0) is 57.4 Å². The molecule has 0 heterocycles. The molecule has 0 aromatic rings. The van der Waals surface area contributed by atoms with Crippen LogP contribution in [0.4, 0.5) is 0 Å². The van der Waals surface area contributed by atoms with Crippen molar-refractivity contribution in [3.05, 3.63) is 0 Å². The van der Waals surface area contributed by atoms with Crippen molar-refractivity contribution in [1.82, 2.24) is 0 Å². The Morgan fingerprint density at radius 2 is 0.462 bits per heavy atom. The smallest absolute Gasteiger partial charge is 0.778 e. The van der Waals surface area contributed by atoms with Gasteiger partial charge < -0.3 is 55.9 Å². The van der Waals surface area contributed by atoms with Crippen LogP contribution in [0.3, 0.4) is 0 Å². The van der Waals surface area contributed by atoms with Gasteiger partial charge in [-0.15, -0.1) is 0 Å². The van der Waals surface area contributed by atoms with Gasteiger partial charge >= 0.3 is 21.1 Å². The van der Waals surface area contributed by atoms with E-state index in [0.717, 1.165) is 154 Å². The summed E-state index contributed by atoms with van der Waals surface area (Å²) in [5.41, 5.74) is 0. The summed E-state index contributed by atoms with van der Waals surface area (Å²) in [5.74, 6) is 1.07. The Morgan fingerprint density at radius 3 is 0.585 bits per heavy atom. The first-order valence-corrected chi connectivity index (χ1v) is 32.9. The van der Waals surface area contributed by atoms with Gasteiger partial charge in [-0.05, 0) is 75.0 Å². The molecule has 0 aliphatic heterocycles. The van der Waals surface area contributed by atoms with E-state index >= 15 is 0 Å². The second kappa shape index (κ2) is 50.2. The van der Waals surface area contributed by atoms with Gasteiger partial charge in [-0.1, -0.05) is 186 Å². The first-order valence-electron chi connectivity index (χ1n) is 26.0. The zero-order valence-electron chi connectivity index (χ0n) is 44.0. The summed E-state index contributed by atoms with van der Waals surface area (Å²) in [6.45, 7) is 26.2. The number of hydrogen-bond acceptors (Lipinski definition) is 12. The van der Waals surface area contributed by atoms with Crippen LogP contribution in [0.15, 0.2) is 0 Å². The second-order valence-electron chi connectivity index (χ2n) is 17.6. The average Bonchev–Trinajstić information content (AvgIpc) is 3.24. The minimum Gasteiger partial charge on any atom is -0.778 e. The van der Waals surface area contributed by atoms with Crippen LogP contribution in [0.2, 0.25) is 0 Å². The third kappa shape index (κ3) is 54.5. The standard InChI is InChI=1S/4C12H27O3P.Mo/c4*1-4-7-9-12(6-3)11-16(13,14)15-10-8-5-2;/h4*12H,4-11H2,1-3H3,(H,13,14);/q;;;;+4/p-4. The molecule has 0 aliphatic rings. The fourth-order valence-corrected chi connectivity index (χ4v) is 12.9. The minimum absolute atomic E-state index is 0. The van der Waals surface area contributed by atoms with Crippen LogP contribution in [0.1, 0.15) is 237 Å². The fourth-order valence-electron chi connectivity index (χ4n) is 6.54. The van der Waals surface area contributed by atoms with Crippen LogP contribution in [0.25, 0.3) is 0 Å². The van der Waals surface area contributed by atoms with E-state index in [9.17, 15) is 37.8 Å². The molecule has 0 amide bonds. The van der Waals surface area contributed by atoms with Crippen molar-refractivity contribution >= 4 is 30.4 Å². The quantitative estimate of drug-likeness (QED) is 0.0320. The summed E-state index contributed by atoms with van der Waals surface area (Å²) in [7, 11) is -14.3. The molecule has 0 aromatic carbocycles. The van der Waals surface area contributed by atoms with Gasteiger partial charge in [0.25, 0.3) is 0 Å². The summed E-state index contributed by atoms with van der Waals surface area (Å²) in [4.78, 5) is 46.6. The normalized spacial score (nSPS) is 16.7. The Hall–Kier alpha value is 1.29. The van der Waals surface area contributed by atoms with Crippen molar-refractivity contribution in [2.75, 3.05) is 51.1 Å². The molecule has 0 saturated heterocycles. The van der Waals surface area contributed by atoms with Crippen molar-refractivity contribution in [2.45, 2.75) is 237 Å². The van der Waals surface area contributed by atoms with Gasteiger partial charge in [0, 0.05) is 24.6 Å². The van der Waals surface area contributed by atoms with E-state index < -0.39 is 30.4 Å². The average molecular weight is 1090 g/mol. The Labute approximate surface area is 417 Å². The summed E-state index contributed by atoms with van der Waals surface area (Å²) in [6.07, 6.45) is 24.6. The molecule has 12 nitrogen and oxygen atoms in total. The molecule has 0 N–H and O–H groups in total. The van der Waals surface area contributed by atoms with Gasteiger partial charge in [0.2, 0.25) is 0 Å². The number of unbranched alkanes of at least 4 members (excludes halogenated alkanes) is 8. The van der Waals surface area contributed by atoms with Gasteiger partial charge in [0.15, 0.2) is 0 Å².